The fraction of sp³-hybridized carbons (Fsp3) is 0.417. The molecule has 2 aliphatic rings. The maximum Gasteiger partial charge on any atom is 0.251 e. The van der Waals surface area contributed by atoms with Gasteiger partial charge in [0.05, 0.1) is 17.8 Å². The number of hydrogen-bond donors (Lipinski definition) is 2. The highest BCUT2D eigenvalue weighted by Crippen LogP contribution is 2.44. The van der Waals surface area contributed by atoms with Gasteiger partial charge in [-0.1, -0.05) is 24.3 Å². The van der Waals surface area contributed by atoms with Gasteiger partial charge in [0.1, 0.15) is 11.3 Å². The predicted octanol–water partition coefficient (Wildman–Crippen LogP) is 3.58. The van der Waals surface area contributed by atoms with Crippen LogP contribution in [0.1, 0.15) is 39.3 Å². The summed E-state index contributed by atoms with van der Waals surface area (Å²) in [4.78, 5) is 17.9. The van der Waals surface area contributed by atoms with Gasteiger partial charge < -0.3 is 19.9 Å². The third kappa shape index (κ3) is 3.58. The van der Waals surface area contributed by atoms with Gasteiger partial charge in [-0.15, -0.1) is 12.4 Å². The molecule has 2 heterocycles. The molecule has 5 rings (SSSR count). The lowest BCUT2D eigenvalue weighted by atomic mass is 9.82. The number of rotatable bonds is 4. The minimum Gasteiger partial charge on any atom is -0.383 e. The van der Waals surface area contributed by atoms with Crippen molar-refractivity contribution in [3.05, 3.63) is 58.4 Å². The predicted molar refractivity (Wildman–Crippen MR) is 125 cm³/mol. The van der Waals surface area contributed by atoms with Crippen molar-refractivity contribution in [2.24, 2.45) is 7.05 Å². The number of fused-ring (bicyclic) bond motifs is 4. The van der Waals surface area contributed by atoms with E-state index in [1.807, 2.05) is 20.0 Å². The lowest BCUT2D eigenvalue weighted by Crippen LogP contribution is -2.43. The average Bonchev–Trinajstić information content (AvgIpc) is 3.24. The van der Waals surface area contributed by atoms with Gasteiger partial charge in [-0.2, -0.15) is 0 Å². The first-order chi connectivity index (χ1) is 14.5. The Morgan fingerprint density at radius 1 is 1.29 bits per heavy atom. The summed E-state index contributed by atoms with van der Waals surface area (Å²) in [6, 6.07) is 10.7. The van der Waals surface area contributed by atoms with E-state index in [2.05, 4.69) is 39.5 Å². The molecule has 1 aliphatic carbocycles. The number of aryl methyl sites for hydroxylation is 2. The van der Waals surface area contributed by atoms with Crippen LogP contribution in [0.5, 0.6) is 0 Å². The molecular formula is C24H29ClN4O2. The third-order valence-corrected chi connectivity index (χ3v) is 6.76. The Labute approximate surface area is 188 Å². The number of hydrogen-bond acceptors (Lipinski definition) is 4. The summed E-state index contributed by atoms with van der Waals surface area (Å²) in [5.41, 5.74) is 7.67. The number of nitrogens with one attached hydrogen (secondary N) is 2. The number of nitrogens with zero attached hydrogens (tertiary/aromatic N) is 2. The third-order valence-electron chi connectivity index (χ3n) is 6.76. The van der Waals surface area contributed by atoms with Gasteiger partial charge in [0.15, 0.2) is 0 Å². The van der Waals surface area contributed by atoms with Crippen molar-refractivity contribution >= 4 is 35.0 Å². The molecule has 0 radical (unpaired) electrons. The van der Waals surface area contributed by atoms with Crippen LogP contribution in [0.15, 0.2) is 30.3 Å². The van der Waals surface area contributed by atoms with Gasteiger partial charge >= 0.3 is 0 Å². The maximum absolute atomic E-state index is 13.0. The van der Waals surface area contributed by atoms with Gasteiger partial charge in [-0.25, -0.2) is 4.98 Å². The summed E-state index contributed by atoms with van der Waals surface area (Å²) in [5.74, 6) is 0.900. The minimum absolute atomic E-state index is 0. The van der Waals surface area contributed by atoms with Crippen LogP contribution in [0.3, 0.4) is 0 Å². The molecule has 0 saturated carbocycles. The van der Waals surface area contributed by atoms with Crippen molar-refractivity contribution in [3.8, 4) is 0 Å². The number of anilines is 1. The first-order valence-electron chi connectivity index (χ1n) is 10.6. The van der Waals surface area contributed by atoms with Gasteiger partial charge in [0.2, 0.25) is 0 Å². The Bertz CT molecular complexity index is 1130. The fourth-order valence-corrected chi connectivity index (χ4v) is 5.09. The van der Waals surface area contributed by atoms with Gasteiger partial charge in [-0.05, 0) is 55.4 Å². The first kappa shape index (κ1) is 21.7. The SMILES string of the molecule is COCCNC(=O)c1cc2c(nc(C)n2C)c2c1CCC1(Cc3ccccc3C1)N2.Cl. The number of halogens is 1. The molecule has 1 spiro atoms. The quantitative estimate of drug-likeness (QED) is 0.608. The summed E-state index contributed by atoms with van der Waals surface area (Å²) < 4.78 is 7.15. The molecule has 0 saturated heterocycles. The Morgan fingerprint density at radius 2 is 2.00 bits per heavy atom. The van der Waals surface area contributed by atoms with E-state index in [1.165, 1.54) is 11.1 Å². The van der Waals surface area contributed by atoms with Crippen molar-refractivity contribution < 1.29 is 9.53 Å². The molecule has 2 aromatic carbocycles. The lowest BCUT2D eigenvalue weighted by Gasteiger charge is -2.38. The van der Waals surface area contributed by atoms with Crippen molar-refractivity contribution in [1.82, 2.24) is 14.9 Å². The van der Waals surface area contributed by atoms with E-state index in [1.54, 1.807) is 7.11 Å². The van der Waals surface area contributed by atoms with E-state index in [4.69, 9.17) is 9.72 Å². The summed E-state index contributed by atoms with van der Waals surface area (Å²) in [6.45, 7) is 3.01. The highest BCUT2D eigenvalue weighted by Gasteiger charge is 2.41. The zero-order valence-corrected chi connectivity index (χ0v) is 19.1. The van der Waals surface area contributed by atoms with Crippen LogP contribution in [-0.4, -0.2) is 41.3 Å². The van der Waals surface area contributed by atoms with E-state index in [0.29, 0.717) is 13.2 Å². The largest absolute Gasteiger partial charge is 0.383 e. The second kappa shape index (κ2) is 8.17. The normalized spacial score (nSPS) is 15.8. The maximum atomic E-state index is 13.0. The molecule has 7 heteroatoms. The Balaban J connectivity index is 0.00000231. The van der Waals surface area contributed by atoms with Crippen molar-refractivity contribution in [1.29, 1.82) is 0 Å². The number of carbonyl (C=O) groups excluding carboxylic acids is 1. The number of ether oxygens (including phenoxy) is 1. The summed E-state index contributed by atoms with van der Waals surface area (Å²) in [5, 5.41) is 6.88. The lowest BCUT2D eigenvalue weighted by molar-refractivity contribution is 0.0936. The number of carbonyl (C=O) groups is 1. The average molecular weight is 441 g/mol. The van der Waals surface area contributed by atoms with Crippen LogP contribution >= 0.6 is 12.4 Å². The highest BCUT2D eigenvalue weighted by molar-refractivity contribution is 6.04. The number of benzene rings is 2. The standard InChI is InChI=1S/C24H28N4O2.ClH/c1-15-26-22-20(28(15)2)12-19(23(29)25-10-11-30-3)18-8-9-24(27-21(18)22)13-16-6-4-5-7-17(16)14-24;/h4-7,12,27H,8-11,13-14H2,1-3H3,(H,25,29);1H. The molecule has 1 amide bonds. The van der Waals surface area contributed by atoms with Crippen LogP contribution in [0.25, 0.3) is 11.0 Å². The van der Waals surface area contributed by atoms with Crippen LogP contribution in [0.4, 0.5) is 5.69 Å². The molecule has 3 aromatic rings. The Kier molecular flexibility index (Phi) is 5.71. The van der Waals surface area contributed by atoms with Crippen LogP contribution in [0, 0.1) is 6.92 Å². The smallest absolute Gasteiger partial charge is 0.251 e. The molecule has 1 aliphatic heterocycles. The Morgan fingerprint density at radius 3 is 2.68 bits per heavy atom. The number of imidazole rings is 1. The van der Waals surface area contributed by atoms with E-state index >= 15 is 0 Å². The molecule has 0 fully saturated rings. The molecule has 0 bridgehead atoms. The first-order valence-corrected chi connectivity index (χ1v) is 10.6. The molecule has 6 nitrogen and oxygen atoms in total. The number of methoxy groups -OCH3 is 1. The second-order valence-electron chi connectivity index (χ2n) is 8.64. The summed E-state index contributed by atoms with van der Waals surface area (Å²) in [6.07, 6.45) is 3.90. The molecule has 164 valence electrons. The molecule has 31 heavy (non-hydrogen) atoms. The van der Waals surface area contributed by atoms with Gasteiger partial charge in [-0.3, -0.25) is 4.79 Å². The van der Waals surface area contributed by atoms with E-state index in [9.17, 15) is 4.79 Å². The highest BCUT2D eigenvalue weighted by atomic mass is 35.5. The molecule has 2 N–H and O–H groups in total. The minimum atomic E-state index is -0.0449. The van der Waals surface area contributed by atoms with Gasteiger partial charge in [0.25, 0.3) is 5.91 Å². The van der Waals surface area contributed by atoms with Crippen LogP contribution in [0.2, 0.25) is 0 Å². The van der Waals surface area contributed by atoms with Crippen molar-refractivity contribution in [3.63, 3.8) is 0 Å². The Hall–Kier alpha value is -2.57. The zero-order chi connectivity index (χ0) is 20.9. The van der Waals surface area contributed by atoms with Crippen LogP contribution in [-0.2, 0) is 31.0 Å². The van der Waals surface area contributed by atoms with E-state index < -0.39 is 0 Å². The van der Waals surface area contributed by atoms with Crippen molar-refractivity contribution in [2.75, 3.05) is 25.6 Å². The number of aromatic nitrogens is 2. The summed E-state index contributed by atoms with van der Waals surface area (Å²) >= 11 is 0. The van der Waals surface area contributed by atoms with Crippen molar-refractivity contribution in [2.45, 2.75) is 38.1 Å². The zero-order valence-electron chi connectivity index (χ0n) is 18.2. The fourth-order valence-electron chi connectivity index (χ4n) is 5.09. The monoisotopic (exact) mass is 440 g/mol. The molecule has 1 aromatic heterocycles. The summed E-state index contributed by atoms with van der Waals surface area (Å²) in [7, 11) is 3.65. The molecule has 0 unspecified atom stereocenters. The van der Waals surface area contributed by atoms with E-state index in [0.717, 1.165) is 59.4 Å². The van der Waals surface area contributed by atoms with Crippen LogP contribution < -0.4 is 10.6 Å². The number of amides is 1. The van der Waals surface area contributed by atoms with Gasteiger partial charge in [0, 0.05) is 31.8 Å². The second-order valence-corrected chi connectivity index (χ2v) is 8.64. The molecule has 0 atom stereocenters. The van der Waals surface area contributed by atoms with E-state index in [-0.39, 0.29) is 23.9 Å². The topological polar surface area (TPSA) is 68.2 Å². The molecular weight excluding hydrogens is 412 g/mol.